The van der Waals surface area contributed by atoms with Gasteiger partial charge in [0.2, 0.25) is 10.0 Å². The van der Waals surface area contributed by atoms with Crippen LogP contribution in [0.15, 0.2) is 29.2 Å². The van der Waals surface area contributed by atoms with Crippen molar-refractivity contribution in [1.82, 2.24) is 4.72 Å². The van der Waals surface area contributed by atoms with Gasteiger partial charge in [0, 0.05) is 11.6 Å². The summed E-state index contributed by atoms with van der Waals surface area (Å²) in [4.78, 5) is 10.7. The van der Waals surface area contributed by atoms with Crippen molar-refractivity contribution in [2.75, 3.05) is 13.2 Å². The lowest BCUT2D eigenvalue weighted by Crippen LogP contribution is -2.29. The molecule has 0 aromatic heterocycles. The van der Waals surface area contributed by atoms with Gasteiger partial charge in [0.15, 0.2) is 0 Å². The Morgan fingerprint density at radius 2 is 2.00 bits per heavy atom. The number of ether oxygens (including phenoxy) is 1. The smallest absolute Gasteiger partial charge is 0.329 e. The van der Waals surface area contributed by atoms with E-state index in [0.717, 1.165) is 25.7 Å². The lowest BCUT2D eigenvalue weighted by atomic mass is 9.85. The fourth-order valence-electron chi connectivity index (χ4n) is 2.94. The average molecular weight is 376 g/mol. The molecule has 0 bridgehead atoms. The predicted molar refractivity (Wildman–Crippen MR) is 90.6 cm³/mol. The summed E-state index contributed by atoms with van der Waals surface area (Å²) in [5, 5.41) is 9.15. The van der Waals surface area contributed by atoms with Gasteiger partial charge in [-0.3, -0.25) is 0 Å². The van der Waals surface area contributed by atoms with Crippen LogP contribution >= 0.6 is 11.6 Å². The molecule has 0 spiro atoms. The Kier molecular flexibility index (Phi) is 7.03. The number of nitrogens with one attached hydrogen (secondary N) is 1. The number of hydrogen-bond donors (Lipinski definition) is 2. The Morgan fingerprint density at radius 1 is 1.29 bits per heavy atom. The average Bonchev–Trinajstić information content (AvgIpc) is 2.53. The van der Waals surface area contributed by atoms with Crippen LogP contribution < -0.4 is 4.72 Å². The number of halogens is 1. The van der Waals surface area contributed by atoms with Crippen LogP contribution in [0.25, 0.3) is 0 Å². The van der Waals surface area contributed by atoms with Crippen molar-refractivity contribution in [3.8, 4) is 0 Å². The zero-order chi connectivity index (χ0) is 17.6. The second-order valence-electron chi connectivity index (χ2n) is 6.00. The van der Waals surface area contributed by atoms with E-state index in [-0.39, 0.29) is 17.6 Å². The molecule has 1 aliphatic carbocycles. The molecule has 0 heterocycles. The van der Waals surface area contributed by atoms with E-state index in [1.807, 2.05) is 0 Å². The van der Waals surface area contributed by atoms with Crippen LogP contribution in [0, 0.1) is 5.92 Å². The predicted octanol–water partition coefficient (Wildman–Crippen LogP) is 2.67. The molecule has 2 unspecified atom stereocenters. The highest BCUT2D eigenvalue weighted by molar-refractivity contribution is 7.89. The quantitative estimate of drug-likeness (QED) is 0.728. The molecule has 1 aromatic rings. The summed E-state index contributed by atoms with van der Waals surface area (Å²) in [6.45, 7) is 0.0713. The van der Waals surface area contributed by atoms with Crippen molar-refractivity contribution in [3.05, 3.63) is 29.3 Å². The topological polar surface area (TPSA) is 92.7 Å². The molecular formula is C16H22ClNO5S. The van der Waals surface area contributed by atoms with Gasteiger partial charge in [-0.15, -0.1) is 0 Å². The summed E-state index contributed by atoms with van der Waals surface area (Å²) in [5.41, 5.74) is 0. The normalized spacial score (nSPS) is 21.5. The van der Waals surface area contributed by atoms with Crippen LogP contribution in [0.1, 0.15) is 32.1 Å². The molecule has 2 atom stereocenters. The first-order chi connectivity index (χ1) is 11.4. The lowest BCUT2D eigenvalue weighted by Gasteiger charge is -2.28. The first-order valence-corrected chi connectivity index (χ1v) is 9.81. The Hall–Kier alpha value is -1.15. The second kappa shape index (κ2) is 8.80. The molecule has 1 aromatic carbocycles. The molecule has 0 amide bonds. The Bertz CT molecular complexity index is 647. The molecule has 6 nitrogen and oxygen atoms in total. The van der Waals surface area contributed by atoms with Gasteiger partial charge in [0.25, 0.3) is 0 Å². The van der Waals surface area contributed by atoms with Crippen LogP contribution in [-0.2, 0) is 19.6 Å². The molecule has 2 N–H and O–H groups in total. The number of carboxylic acids is 1. The van der Waals surface area contributed by atoms with Crippen molar-refractivity contribution >= 4 is 27.6 Å². The third kappa shape index (κ3) is 6.05. The minimum Gasteiger partial charge on any atom is -0.480 e. The van der Waals surface area contributed by atoms with Crippen LogP contribution in [-0.4, -0.2) is 38.7 Å². The van der Waals surface area contributed by atoms with Gasteiger partial charge in [-0.25, -0.2) is 17.9 Å². The molecule has 0 saturated heterocycles. The van der Waals surface area contributed by atoms with Crippen molar-refractivity contribution in [2.45, 2.75) is 43.1 Å². The minimum atomic E-state index is -3.53. The SMILES string of the molecule is O=C(O)COC1CCCC(CCNS(=O)(=O)c2ccc(Cl)cc2)C1. The molecule has 1 aliphatic rings. The van der Waals surface area contributed by atoms with E-state index in [4.69, 9.17) is 21.4 Å². The minimum absolute atomic E-state index is 0.0484. The fraction of sp³-hybridized carbons (Fsp3) is 0.562. The van der Waals surface area contributed by atoms with Gasteiger partial charge >= 0.3 is 5.97 Å². The summed E-state index contributed by atoms with van der Waals surface area (Å²) in [6.07, 6.45) is 4.28. The van der Waals surface area contributed by atoms with Gasteiger partial charge < -0.3 is 9.84 Å². The van der Waals surface area contributed by atoms with Crippen molar-refractivity contribution in [1.29, 1.82) is 0 Å². The summed E-state index contributed by atoms with van der Waals surface area (Å²) < 4.78 is 32.3. The largest absolute Gasteiger partial charge is 0.480 e. The molecule has 134 valence electrons. The zero-order valence-electron chi connectivity index (χ0n) is 13.3. The zero-order valence-corrected chi connectivity index (χ0v) is 14.9. The Morgan fingerprint density at radius 3 is 2.67 bits per heavy atom. The molecule has 2 rings (SSSR count). The molecule has 1 saturated carbocycles. The van der Waals surface area contributed by atoms with E-state index in [2.05, 4.69) is 4.72 Å². The Balaban J connectivity index is 1.78. The molecular weight excluding hydrogens is 354 g/mol. The van der Waals surface area contributed by atoms with Gasteiger partial charge in [-0.1, -0.05) is 24.4 Å². The highest BCUT2D eigenvalue weighted by Gasteiger charge is 2.23. The molecule has 8 heteroatoms. The van der Waals surface area contributed by atoms with Crippen molar-refractivity contribution in [3.63, 3.8) is 0 Å². The van der Waals surface area contributed by atoms with Crippen LogP contribution in [0.4, 0.5) is 0 Å². The van der Waals surface area contributed by atoms with Crippen LogP contribution in [0.3, 0.4) is 0 Å². The van der Waals surface area contributed by atoms with Gasteiger partial charge in [-0.05, 0) is 49.4 Å². The lowest BCUT2D eigenvalue weighted by molar-refractivity contribution is -0.145. The van der Waals surface area contributed by atoms with Crippen molar-refractivity contribution in [2.24, 2.45) is 5.92 Å². The molecule has 0 radical (unpaired) electrons. The van der Waals surface area contributed by atoms with Crippen molar-refractivity contribution < 1.29 is 23.1 Å². The van der Waals surface area contributed by atoms with Gasteiger partial charge in [0.1, 0.15) is 6.61 Å². The number of carboxylic acid groups (broad SMARTS) is 1. The fourth-order valence-corrected chi connectivity index (χ4v) is 4.11. The van der Waals surface area contributed by atoms with Gasteiger partial charge in [0.05, 0.1) is 11.0 Å². The van der Waals surface area contributed by atoms with E-state index in [9.17, 15) is 13.2 Å². The molecule has 1 fully saturated rings. The third-order valence-corrected chi connectivity index (χ3v) is 5.87. The standard InChI is InChI=1S/C16H22ClNO5S/c17-13-4-6-15(7-5-13)24(21,22)18-9-8-12-2-1-3-14(10-12)23-11-16(19)20/h4-7,12,14,18H,1-3,8-11H2,(H,19,20). The summed E-state index contributed by atoms with van der Waals surface area (Å²) in [5.74, 6) is -0.627. The molecule has 24 heavy (non-hydrogen) atoms. The van der Waals surface area contributed by atoms with E-state index < -0.39 is 16.0 Å². The Labute approximate surface area is 147 Å². The number of sulfonamides is 1. The third-order valence-electron chi connectivity index (χ3n) is 4.15. The number of carbonyl (C=O) groups is 1. The molecule has 0 aliphatic heterocycles. The van der Waals surface area contributed by atoms with Crippen LogP contribution in [0.2, 0.25) is 5.02 Å². The summed E-state index contributed by atoms with van der Waals surface area (Å²) in [7, 11) is -3.53. The number of hydrogen-bond acceptors (Lipinski definition) is 4. The number of benzene rings is 1. The maximum absolute atomic E-state index is 12.2. The maximum atomic E-state index is 12.2. The highest BCUT2D eigenvalue weighted by atomic mass is 35.5. The monoisotopic (exact) mass is 375 g/mol. The number of aliphatic carboxylic acids is 1. The second-order valence-corrected chi connectivity index (χ2v) is 8.20. The number of rotatable bonds is 8. The summed E-state index contributed by atoms with van der Waals surface area (Å²) in [6, 6.07) is 6.03. The summed E-state index contributed by atoms with van der Waals surface area (Å²) >= 11 is 5.76. The maximum Gasteiger partial charge on any atom is 0.329 e. The first-order valence-electron chi connectivity index (χ1n) is 7.95. The van der Waals surface area contributed by atoms with E-state index in [1.54, 1.807) is 12.1 Å². The van der Waals surface area contributed by atoms with E-state index >= 15 is 0 Å². The highest BCUT2D eigenvalue weighted by Crippen LogP contribution is 2.28. The van der Waals surface area contributed by atoms with E-state index in [0.29, 0.717) is 23.9 Å². The first kappa shape index (κ1) is 19.2. The van der Waals surface area contributed by atoms with E-state index in [1.165, 1.54) is 12.1 Å². The van der Waals surface area contributed by atoms with Crippen LogP contribution in [0.5, 0.6) is 0 Å². The van der Waals surface area contributed by atoms with Gasteiger partial charge in [-0.2, -0.15) is 0 Å².